The van der Waals surface area contributed by atoms with Gasteiger partial charge in [-0.1, -0.05) is 0 Å². The summed E-state index contributed by atoms with van der Waals surface area (Å²) in [5, 5.41) is 20.8. The van der Waals surface area contributed by atoms with Crippen molar-refractivity contribution in [2.75, 3.05) is 5.73 Å². The predicted molar refractivity (Wildman–Crippen MR) is 49.2 cm³/mol. The molecule has 7 nitrogen and oxygen atoms in total. The monoisotopic (exact) mass is 251 g/mol. The first-order valence-corrected chi connectivity index (χ1v) is 3.94. The molecule has 2 N–H and O–H groups in total. The van der Waals surface area contributed by atoms with E-state index in [4.69, 9.17) is 5.73 Å². The average Bonchev–Trinajstić information content (AvgIpc) is 2.14. The van der Waals surface area contributed by atoms with Crippen LogP contribution in [0.5, 0.6) is 0 Å². The van der Waals surface area contributed by atoms with Crippen LogP contribution in [0.15, 0.2) is 12.1 Å². The molecule has 0 spiro atoms. The highest BCUT2D eigenvalue weighted by atomic mass is 19.4. The van der Waals surface area contributed by atoms with Crippen molar-refractivity contribution in [3.05, 3.63) is 37.9 Å². The third-order valence-corrected chi connectivity index (χ3v) is 1.84. The van der Waals surface area contributed by atoms with E-state index in [0.717, 1.165) is 0 Å². The van der Waals surface area contributed by atoms with Crippen molar-refractivity contribution < 1.29 is 23.0 Å². The lowest BCUT2D eigenvalue weighted by Crippen LogP contribution is -2.10. The SMILES string of the molecule is Nc1cc(C(F)(F)F)c([N+](=O)[O-])cc1[N+](=O)[O-]. The van der Waals surface area contributed by atoms with E-state index in [-0.39, 0.29) is 12.1 Å². The second-order valence-electron chi connectivity index (χ2n) is 2.94. The first-order valence-electron chi connectivity index (χ1n) is 3.94. The summed E-state index contributed by atoms with van der Waals surface area (Å²) in [6.45, 7) is 0. The molecule has 0 aliphatic heterocycles. The number of alkyl halides is 3. The molecule has 0 bridgehead atoms. The summed E-state index contributed by atoms with van der Waals surface area (Å²) in [6.07, 6.45) is -5.01. The van der Waals surface area contributed by atoms with Gasteiger partial charge in [-0.05, 0) is 6.07 Å². The molecule has 0 amide bonds. The van der Waals surface area contributed by atoms with E-state index in [2.05, 4.69) is 0 Å². The minimum atomic E-state index is -5.01. The molecule has 17 heavy (non-hydrogen) atoms. The Morgan fingerprint density at radius 3 is 1.88 bits per heavy atom. The van der Waals surface area contributed by atoms with Gasteiger partial charge >= 0.3 is 6.18 Å². The molecule has 92 valence electrons. The van der Waals surface area contributed by atoms with Gasteiger partial charge in [0.1, 0.15) is 11.3 Å². The number of hydrogen-bond acceptors (Lipinski definition) is 5. The van der Waals surface area contributed by atoms with Crippen LogP contribution < -0.4 is 5.73 Å². The van der Waals surface area contributed by atoms with Crippen LogP contribution in [0, 0.1) is 20.2 Å². The topological polar surface area (TPSA) is 112 Å². The van der Waals surface area contributed by atoms with Gasteiger partial charge in [0.15, 0.2) is 0 Å². The Morgan fingerprint density at radius 1 is 1.06 bits per heavy atom. The molecule has 0 heterocycles. The highest BCUT2D eigenvalue weighted by Gasteiger charge is 2.40. The molecule has 1 aromatic rings. The number of nitro benzene ring substituents is 2. The zero-order valence-corrected chi connectivity index (χ0v) is 7.89. The fourth-order valence-electron chi connectivity index (χ4n) is 1.13. The molecule has 0 saturated heterocycles. The lowest BCUT2D eigenvalue weighted by molar-refractivity contribution is -0.395. The van der Waals surface area contributed by atoms with Crippen LogP contribution in [-0.4, -0.2) is 9.85 Å². The van der Waals surface area contributed by atoms with Crippen molar-refractivity contribution in [3.8, 4) is 0 Å². The molecule has 0 unspecified atom stereocenters. The molecule has 0 saturated carbocycles. The number of nitrogens with two attached hydrogens (primary N) is 1. The number of hydrogen-bond donors (Lipinski definition) is 1. The summed E-state index contributed by atoms with van der Waals surface area (Å²) in [5.41, 5.74) is 0.275. The van der Waals surface area contributed by atoms with E-state index in [1.165, 1.54) is 0 Å². The molecule has 0 aromatic heterocycles. The smallest absolute Gasteiger partial charge is 0.393 e. The number of nitrogen functional groups attached to an aromatic ring is 1. The normalized spacial score (nSPS) is 11.2. The predicted octanol–water partition coefficient (Wildman–Crippen LogP) is 2.10. The Kier molecular flexibility index (Phi) is 2.90. The van der Waals surface area contributed by atoms with E-state index in [1.807, 2.05) is 0 Å². The molecule has 0 atom stereocenters. The van der Waals surface area contributed by atoms with Crippen molar-refractivity contribution in [3.63, 3.8) is 0 Å². The fraction of sp³-hybridized carbons (Fsp3) is 0.143. The molecular weight excluding hydrogens is 247 g/mol. The highest BCUT2D eigenvalue weighted by Crippen LogP contribution is 2.40. The van der Waals surface area contributed by atoms with E-state index >= 15 is 0 Å². The van der Waals surface area contributed by atoms with Gasteiger partial charge in [-0.15, -0.1) is 0 Å². The molecular formula is C7H4F3N3O4. The van der Waals surface area contributed by atoms with E-state index < -0.39 is 38.6 Å². The summed E-state index contributed by atoms with van der Waals surface area (Å²) < 4.78 is 37.2. The number of rotatable bonds is 2. The van der Waals surface area contributed by atoms with Crippen LogP contribution in [0.1, 0.15) is 5.56 Å². The largest absolute Gasteiger partial charge is 0.423 e. The number of halogens is 3. The standard InChI is InChI=1S/C7H4F3N3O4/c8-7(9,10)3-1-4(11)6(13(16)17)2-5(3)12(14)15/h1-2H,11H2. The van der Waals surface area contributed by atoms with E-state index in [1.54, 1.807) is 0 Å². The lowest BCUT2D eigenvalue weighted by Gasteiger charge is -2.08. The zero-order chi connectivity index (χ0) is 13.4. The first-order chi connectivity index (χ1) is 7.64. The Morgan fingerprint density at radius 2 is 1.53 bits per heavy atom. The van der Waals surface area contributed by atoms with E-state index in [9.17, 15) is 33.4 Å². The molecule has 1 aromatic carbocycles. The molecule has 0 radical (unpaired) electrons. The van der Waals surface area contributed by atoms with Crippen molar-refractivity contribution in [1.82, 2.24) is 0 Å². The minimum Gasteiger partial charge on any atom is -0.393 e. The second-order valence-corrected chi connectivity index (χ2v) is 2.94. The number of nitro groups is 2. The van der Waals surface area contributed by atoms with Crippen molar-refractivity contribution in [2.24, 2.45) is 0 Å². The number of nitrogens with zero attached hydrogens (tertiary/aromatic N) is 2. The Labute approximate surface area is 90.9 Å². The van der Waals surface area contributed by atoms with Gasteiger partial charge in [0.05, 0.1) is 15.9 Å². The van der Waals surface area contributed by atoms with E-state index in [0.29, 0.717) is 0 Å². The third kappa shape index (κ3) is 2.41. The van der Waals surface area contributed by atoms with Gasteiger partial charge in [0.2, 0.25) is 0 Å². The van der Waals surface area contributed by atoms with Crippen molar-refractivity contribution >= 4 is 17.1 Å². The number of anilines is 1. The van der Waals surface area contributed by atoms with Crippen LogP contribution in [0.3, 0.4) is 0 Å². The molecule has 0 aliphatic carbocycles. The van der Waals surface area contributed by atoms with Crippen molar-refractivity contribution in [1.29, 1.82) is 0 Å². The quantitative estimate of drug-likeness (QED) is 0.491. The van der Waals surface area contributed by atoms with Gasteiger partial charge in [0, 0.05) is 0 Å². The Hall–Kier alpha value is -2.39. The van der Waals surface area contributed by atoms with Gasteiger partial charge in [-0.2, -0.15) is 13.2 Å². The van der Waals surface area contributed by atoms with Gasteiger partial charge in [-0.3, -0.25) is 20.2 Å². The van der Waals surface area contributed by atoms with Crippen LogP contribution >= 0.6 is 0 Å². The summed E-state index contributed by atoms with van der Waals surface area (Å²) in [7, 11) is 0. The summed E-state index contributed by atoms with van der Waals surface area (Å²) in [6, 6.07) is 0.369. The fourth-order valence-corrected chi connectivity index (χ4v) is 1.13. The summed E-state index contributed by atoms with van der Waals surface area (Å²) in [5.74, 6) is 0. The van der Waals surface area contributed by atoms with Crippen LogP contribution in [0.25, 0.3) is 0 Å². The first kappa shape index (κ1) is 12.7. The molecule has 0 aliphatic rings. The van der Waals surface area contributed by atoms with Gasteiger partial charge in [-0.25, -0.2) is 0 Å². The maximum atomic E-state index is 12.4. The summed E-state index contributed by atoms with van der Waals surface area (Å²) >= 11 is 0. The Balaban J connectivity index is 3.58. The summed E-state index contributed by atoms with van der Waals surface area (Å²) in [4.78, 5) is 18.3. The molecule has 0 fully saturated rings. The van der Waals surface area contributed by atoms with Crippen molar-refractivity contribution in [2.45, 2.75) is 6.18 Å². The van der Waals surface area contributed by atoms with Gasteiger partial charge in [0.25, 0.3) is 11.4 Å². The zero-order valence-electron chi connectivity index (χ0n) is 7.89. The average molecular weight is 251 g/mol. The third-order valence-electron chi connectivity index (χ3n) is 1.84. The van der Waals surface area contributed by atoms with Gasteiger partial charge < -0.3 is 5.73 Å². The number of benzene rings is 1. The second kappa shape index (κ2) is 3.88. The Bertz CT molecular complexity index is 500. The minimum absolute atomic E-state index is 0.177. The highest BCUT2D eigenvalue weighted by molar-refractivity contribution is 5.66. The lowest BCUT2D eigenvalue weighted by atomic mass is 10.1. The van der Waals surface area contributed by atoms with Crippen LogP contribution in [0.4, 0.5) is 30.2 Å². The maximum Gasteiger partial charge on any atom is 0.423 e. The molecule has 1 rings (SSSR count). The van der Waals surface area contributed by atoms with Crippen LogP contribution in [-0.2, 0) is 6.18 Å². The molecule has 10 heteroatoms. The van der Waals surface area contributed by atoms with Crippen LogP contribution in [0.2, 0.25) is 0 Å². The maximum absolute atomic E-state index is 12.4.